The van der Waals surface area contributed by atoms with Crippen LogP contribution in [0.3, 0.4) is 0 Å². The van der Waals surface area contributed by atoms with Crippen LogP contribution in [0.1, 0.15) is 36.5 Å². The number of rotatable bonds is 14. The maximum Gasteiger partial charge on any atom is 0.264 e. The molecule has 7 nitrogen and oxygen atoms in total. The van der Waals surface area contributed by atoms with Gasteiger partial charge in [-0.3, -0.25) is 13.9 Å². The molecular formula is C35H37BrFN3O4S. The predicted octanol–water partition coefficient (Wildman–Crippen LogP) is 6.65. The van der Waals surface area contributed by atoms with Crippen LogP contribution in [0.2, 0.25) is 0 Å². The standard InChI is InChI=1S/C35H37BrFN3O4S/c1-3-4-21-38-35(42)33(23-27-11-6-5-7-12-27)39(24-28-13-10-14-29(36)22-28)34(41)25-40(32-16-9-8-15-31(32)37)45(43,44)30-19-17-26(2)18-20-30/h5-20,22,33H,3-4,21,23-25H2,1-2H3,(H,38,42). The Balaban J connectivity index is 1.80. The first-order valence-electron chi connectivity index (χ1n) is 14.8. The van der Waals surface area contributed by atoms with Crippen molar-refractivity contribution in [3.05, 3.63) is 130 Å². The van der Waals surface area contributed by atoms with Crippen molar-refractivity contribution in [2.24, 2.45) is 0 Å². The Bertz CT molecular complexity index is 1700. The quantitative estimate of drug-likeness (QED) is 0.150. The lowest BCUT2D eigenvalue weighted by atomic mass is 10.0. The lowest BCUT2D eigenvalue weighted by Gasteiger charge is -2.34. The van der Waals surface area contributed by atoms with Crippen molar-refractivity contribution in [3.8, 4) is 0 Å². The molecule has 1 unspecified atom stereocenters. The first kappa shape index (κ1) is 33.9. The van der Waals surface area contributed by atoms with Gasteiger partial charge in [-0.15, -0.1) is 0 Å². The average molecular weight is 695 g/mol. The number of sulfonamides is 1. The zero-order valence-electron chi connectivity index (χ0n) is 25.3. The lowest BCUT2D eigenvalue weighted by Crippen LogP contribution is -2.53. The smallest absolute Gasteiger partial charge is 0.264 e. The molecule has 0 radical (unpaired) electrons. The summed E-state index contributed by atoms with van der Waals surface area (Å²) in [5, 5.41) is 2.96. The molecule has 4 rings (SSSR count). The fourth-order valence-electron chi connectivity index (χ4n) is 4.90. The van der Waals surface area contributed by atoms with Crippen molar-refractivity contribution < 1.29 is 22.4 Å². The molecule has 0 aromatic heterocycles. The normalized spacial score (nSPS) is 11.9. The van der Waals surface area contributed by atoms with E-state index >= 15 is 4.39 Å². The molecule has 0 spiro atoms. The molecule has 0 aliphatic carbocycles. The second-order valence-electron chi connectivity index (χ2n) is 10.8. The third-order valence-electron chi connectivity index (χ3n) is 7.35. The maximum atomic E-state index is 15.2. The Morgan fingerprint density at radius 1 is 0.889 bits per heavy atom. The molecule has 0 saturated heterocycles. The van der Waals surface area contributed by atoms with Crippen molar-refractivity contribution in [1.82, 2.24) is 10.2 Å². The van der Waals surface area contributed by atoms with E-state index in [-0.39, 0.29) is 29.5 Å². The van der Waals surface area contributed by atoms with Crippen LogP contribution in [0, 0.1) is 12.7 Å². The van der Waals surface area contributed by atoms with Crippen LogP contribution in [-0.2, 0) is 32.6 Å². The highest BCUT2D eigenvalue weighted by atomic mass is 79.9. The predicted molar refractivity (Wildman–Crippen MR) is 179 cm³/mol. The highest BCUT2D eigenvalue weighted by Crippen LogP contribution is 2.27. The number of carbonyl (C=O) groups excluding carboxylic acids is 2. The number of hydrogen-bond acceptors (Lipinski definition) is 4. The van der Waals surface area contributed by atoms with Gasteiger partial charge >= 0.3 is 0 Å². The molecule has 236 valence electrons. The van der Waals surface area contributed by atoms with Gasteiger partial charge in [0, 0.05) is 24.0 Å². The minimum atomic E-state index is -4.39. The van der Waals surface area contributed by atoms with Gasteiger partial charge in [0.05, 0.1) is 10.6 Å². The summed E-state index contributed by atoms with van der Waals surface area (Å²) >= 11 is 3.47. The van der Waals surface area contributed by atoms with Crippen molar-refractivity contribution in [3.63, 3.8) is 0 Å². The van der Waals surface area contributed by atoms with Crippen LogP contribution in [0.15, 0.2) is 112 Å². The van der Waals surface area contributed by atoms with Gasteiger partial charge in [-0.25, -0.2) is 12.8 Å². The van der Waals surface area contributed by atoms with Crippen molar-refractivity contribution >= 4 is 43.5 Å². The molecule has 1 N–H and O–H groups in total. The van der Waals surface area contributed by atoms with Gasteiger partial charge in [-0.05, 0) is 60.9 Å². The van der Waals surface area contributed by atoms with Crippen LogP contribution in [0.4, 0.5) is 10.1 Å². The van der Waals surface area contributed by atoms with Crippen LogP contribution in [0.25, 0.3) is 0 Å². The highest BCUT2D eigenvalue weighted by molar-refractivity contribution is 9.10. The Morgan fingerprint density at radius 3 is 2.22 bits per heavy atom. The fourth-order valence-corrected chi connectivity index (χ4v) is 6.77. The number of aryl methyl sites for hydroxylation is 1. The zero-order valence-corrected chi connectivity index (χ0v) is 27.7. The van der Waals surface area contributed by atoms with E-state index in [1.54, 1.807) is 12.1 Å². The number of benzene rings is 4. The number of nitrogens with one attached hydrogen (secondary N) is 1. The second-order valence-corrected chi connectivity index (χ2v) is 13.6. The number of amides is 2. The van der Waals surface area contributed by atoms with Gasteiger partial charge < -0.3 is 10.2 Å². The van der Waals surface area contributed by atoms with E-state index < -0.39 is 34.3 Å². The monoisotopic (exact) mass is 693 g/mol. The third kappa shape index (κ3) is 9.02. The number of anilines is 1. The lowest BCUT2D eigenvalue weighted by molar-refractivity contribution is -0.140. The summed E-state index contributed by atoms with van der Waals surface area (Å²) in [5.41, 5.74) is 2.15. The molecule has 45 heavy (non-hydrogen) atoms. The number of halogens is 2. The van der Waals surface area contributed by atoms with Gasteiger partial charge in [0.2, 0.25) is 11.8 Å². The van der Waals surface area contributed by atoms with Crippen molar-refractivity contribution in [2.75, 3.05) is 17.4 Å². The Kier molecular flexibility index (Phi) is 11.9. The number of carbonyl (C=O) groups is 2. The number of nitrogens with zero attached hydrogens (tertiary/aromatic N) is 2. The van der Waals surface area contributed by atoms with E-state index in [1.165, 1.54) is 35.2 Å². The molecule has 0 aliphatic heterocycles. The molecule has 0 heterocycles. The molecule has 0 fully saturated rings. The fraction of sp³-hybridized carbons (Fsp3) is 0.257. The summed E-state index contributed by atoms with van der Waals surface area (Å²) in [5.74, 6) is -1.80. The van der Waals surface area contributed by atoms with Crippen LogP contribution < -0.4 is 9.62 Å². The summed E-state index contributed by atoms with van der Waals surface area (Å²) < 4.78 is 44.9. The van der Waals surface area contributed by atoms with E-state index in [9.17, 15) is 18.0 Å². The Hall–Kier alpha value is -4.02. The molecular weight excluding hydrogens is 657 g/mol. The van der Waals surface area contributed by atoms with Gasteiger partial charge in [-0.1, -0.05) is 102 Å². The van der Waals surface area contributed by atoms with E-state index in [4.69, 9.17) is 0 Å². The van der Waals surface area contributed by atoms with Gasteiger partial charge in [0.15, 0.2) is 0 Å². The SMILES string of the molecule is CCCCNC(=O)C(Cc1ccccc1)N(Cc1cccc(Br)c1)C(=O)CN(c1ccccc1F)S(=O)(=O)c1ccc(C)cc1. The topological polar surface area (TPSA) is 86.8 Å². The summed E-state index contributed by atoms with van der Waals surface area (Å²) in [6, 6.07) is 27.3. The molecule has 0 bridgehead atoms. The molecule has 10 heteroatoms. The van der Waals surface area contributed by atoms with Crippen molar-refractivity contribution in [2.45, 2.75) is 50.6 Å². The molecule has 4 aromatic carbocycles. The Labute approximate surface area is 273 Å². The summed E-state index contributed by atoms with van der Waals surface area (Å²) in [4.78, 5) is 29.5. The van der Waals surface area contributed by atoms with Crippen LogP contribution in [0.5, 0.6) is 0 Å². The molecule has 0 aliphatic rings. The first-order valence-corrected chi connectivity index (χ1v) is 17.0. The maximum absolute atomic E-state index is 15.2. The summed E-state index contributed by atoms with van der Waals surface area (Å²) in [7, 11) is -4.39. The average Bonchev–Trinajstić information content (AvgIpc) is 3.02. The summed E-state index contributed by atoms with van der Waals surface area (Å²) in [6.45, 7) is 3.57. The van der Waals surface area contributed by atoms with E-state index in [0.717, 1.165) is 44.4 Å². The van der Waals surface area contributed by atoms with Crippen LogP contribution >= 0.6 is 15.9 Å². The van der Waals surface area contributed by atoms with Gasteiger partial charge in [0.1, 0.15) is 18.4 Å². The van der Waals surface area contributed by atoms with E-state index in [1.807, 2.05) is 68.4 Å². The van der Waals surface area contributed by atoms with E-state index in [2.05, 4.69) is 21.2 Å². The Morgan fingerprint density at radius 2 is 1.56 bits per heavy atom. The second kappa shape index (κ2) is 15.8. The highest BCUT2D eigenvalue weighted by Gasteiger charge is 2.35. The number of hydrogen-bond donors (Lipinski definition) is 1. The first-order chi connectivity index (χ1) is 21.6. The van der Waals surface area contributed by atoms with Gasteiger partial charge in [-0.2, -0.15) is 0 Å². The molecule has 0 saturated carbocycles. The molecule has 2 amide bonds. The number of unbranched alkanes of at least 4 members (excludes halogenated alkanes) is 1. The molecule has 4 aromatic rings. The van der Waals surface area contributed by atoms with Crippen molar-refractivity contribution in [1.29, 1.82) is 0 Å². The third-order valence-corrected chi connectivity index (χ3v) is 9.62. The largest absolute Gasteiger partial charge is 0.354 e. The van der Waals surface area contributed by atoms with E-state index in [0.29, 0.717) is 6.54 Å². The minimum Gasteiger partial charge on any atom is -0.354 e. The number of para-hydroxylation sites is 1. The zero-order chi connectivity index (χ0) is 32.4. The van der Waals surface area contributed by atoms with Gasteiger partial charge in [0.25, 0.3) is 10.0 Å². The molecule has 1 atom stereocenters. The van der Waals surface area contributed by atoms with Crippen LogP contribution in [-0.4, -0.2) is 44.3 Å². The minimum absolute atomic E-state index is 0.0205. The summed E-state index contributed by atoms with van der Waals surface area (Å²) in [6.07, 6.45) is 1.83.